The topological polar surface area (TPSA) is 77.5 Å². The fraction of sp³-hybridized carbons (Fsp3) is 0.929. The lowest BCUT2D eigenvalue weighted by atomic mass is 9.88. The van der Waals surface area contributed by atoms with Crippen LogP contribution in [0.4, 0.5) is 0 Å². The minimum atomic E-state index is -1.94. The molecule has 0 amide bonds. The highest BCUT2D eigenvalue weighted by Gasteiger charge is 2.54. The predicted octanol–water partition coefficient (Wildman–Crippen LogP) is 1.09. The molecule has 2 heterocycles. The molecule has 0 radical (unpaired) electrons. The highest BCUT2D eigenvalue weighted by molar-refractivity contribution is 6.69. The lowest BCUT2D eigenvalue weighted by Gasteiger charge is -2.30. The average molecular weight is 333 g/mol. The molecular weight excluding hydrogens is 306 g/mol. The Hall–Kier alpha value is -0.353. The third-order valence-electron chi connectivity index (χ3n) is 3.69. The van der Waals surface area contributed by atoms with Gasteiger partial charge in [0.25, 0.3) is 0 Å². The number of rotatable bonds is 5. The largest absolute Gasteiger partial charge is 0.395 e. The maximum Gasteiger partial charge on any atom is 0.215 e. The number of hydroxylamine groups is 2. The quantitative estimate of drug-likeness (QED) is 0.755. The fourth-order valence-corrected chi connectivity index (χ4v) is 3.56. The molecule has 2 rings (SSSR count). The lowest BCUT2D eigenvalue weighted by molar-refractivity contribution is -0.324. The summed E-state index contributed by atoms with van der Waals surface area (Å²) in [4.78, 5) is 17.7. The Morgan fingerprint density at radius 3 is 2.45 bits per heavy atom. The van der Waals surface area contributed by atoms with Crippen molar-refractivity contribution in [1.82, 2.24) is 5.23 Å². The smallest absolute Gasteiger partial charge is 0.215 e. The second-order valence-corrected chi connectivity index (χ2v) is 11.7. The zero-order valence-electron chi connectivity index (χ0n) is 14.2. The summed E-state index contributed by atoms with van der Waals surface area (Å²) < 4.78 is 17.4. The van der Waals surface area contributed by atoms with Crippen LogP contribution >= 0.6 is 0 Å². The van der Waals surface area contributed by atoms with Gasteiger partial charge in [0.05, 0.1) is 25.4 Å². The van der Waals surface area contributed by atoms with Crippen LogP contribution in [0, 0.1) is 5.92 Å². The van der Waals surface area contributed by atoms with Crippen LogP contribution in [-0.4, -0.2) is 61.7 Å². The zero-order chi connectivity index (χ0) is 16.7. The van der Waals surface area contributed by atoms with Crippen molar-refractivity contribution >= 4 is 14.1 Å². The van der Waals surface area contributed by atoms with E-state index < -0.39 is 26.3 Å². The van der Waals surface area contributed by atoms with E-state index in [-0.39, 0.29) is 24.4 Å². The minimum absolute atomic E-state index is 0.113. The maximum atomic E-state index is 12.0. The second-order valence-electron chi connectivity index (χ2n) is 7.32. The van der Waals surface area contributed by atoms with Crippen LogP contribution in [0.2, 0.25) is 19.6 Å². The molecule has 2 aliphatic heterocycles. The first kappa shape index (κ1) is 18.0. The molecule has 22 heavy (non-hydrogen) atoms. The summed E-state index contributed by atoms with van der Waals surface area (Å²) in [5.41, 5.74) is 0. The van der Waals surface area contributed by atoms with Gasteiger partial charge in [-0.15, -0.1) is 0 Å². The Kier molecular flexibility index (Phi) is 5.13. The Labute approximate surface area is 132 Å². The van der Waals surface area contributed by atoms with Gasteiger partial charge in [-0.2, -0.15) is 0 Å². The number of ether oxygens (including phenoxy) is 2. The molecule has 0 aromatic rings. The van der Waals surface area contributed by atoms with Crippen molar-refractivity contribution in [1.29, 1.82) is 0 Å². The van der Waals surface area contributed by atoms with E-state index in [1.165, 1.54) is 12.2 Å². The third kappa shape index (κ3) is 3.94. The Morgan fingerprint density at radius 2 is 2.05 bits per heavy atom. The van der Waals surface area contributed by atoms with Crippen molar-refractivity contribution in [2.45, 2.75) is 64.4 Å². The van der Waals surface area contributed by atoms with Crippen molar-refractivity contribution in [3.8, 4) is 0 Å². The molecule has 128 valence electrons. The number of hydrogen-bond acceptors (Lipinski definition) is 7. The molecule has 4 atom stereocenters. The summed E-state index contributed by atoms with van der Waals surface area (Å²) in [6.07, 6.45) is -1.02. The molecule has 8 heteroatoms. The Morgan fingerprint density at radius 1 is 1.41 bits per heavy atom. The van der Waals surface area contributed by atoms with Crippen molar-refractivity contribution in [3.63, 3.8) is 0 Å². The van der Waals surface area contributed by atoms with Crippen LogP contribution in [0.15, 0.2) is 0 Å². The van der Waals surface area contributed by atoms with Crippen LogP contribution in [-0.2, 0) is 23.6 Å². The van der Waals surface area contributed by atoms with Crippen molar-refractivity contribution in [2.24, 2.45) is 5.92 Å². The first-order valence-corrected chi connectivity index (χ1v) is 11.0. The van der Waals surface area contributed by atoms with Gasteiger partial charge in [-0.3, -0.25) is 9.63 Å². The van der Waals surface area contributed by atoms with Gasteiger partial charge in [-0.1, -0.05) is 5.23 Å². The molecule has 2 aliphatic rings. The summed E-state index contributed by atoms with van der Waals surface area (Å²) in [5, 5.41) is 11.1. The summed E-state index contributed by atoms with van der Waals surface area (Å²) in [7, 11) is -1.94. The van der Waals surface area contributed by atoms with E-state index in [0.29, 0.717) is 6.61 Å². The van der Waals surface area contributed by atoms with Gasteiger partial charge in [0.2, 0.25) is 8.32 Å². The SMILES string of the molecule is CC(=O)[C@@H]1ON(O[Si](C)(C)C)C(CO)[C@H]1C1COC(C)(C)O1. The number of carbonyl (C=O) groups is 1. The average Bonchev–Trinajstić information content (AvgIpc) is 2.87. The number of Topliss-reactive ketones (excluding diaryl/α,β-unsaturated/α-hetero) is 1. The number of nitrogens with zero attached hydrogens (tertiary/aromatic N) is 1. The van der Waals surface area contributed by atoms with Crippen LogP contribution < -0.4 is 0 Å². The van der Waals surface area contributed by atoms with Gasteiger partial charge in [0, 0.05) is 5.92 Å². The molecule has 0 aliphatic carbocycles. The van der Waals surface area contributed by atoms with Crippen LogP contribution in [0.1, 0.15) is 20.8 Å². The van der Waals surface area contributed by atoms with Gasteiger partial charge in [0.15, 0.2) is 11.6 Å². The molecule has 2 fully saturated rings. The number of ketones is 1. The Bertz CT molecular complexity index is 424. The van der Waals surface area contributed by atoms with Crippen molar-refractivity contribution in [3.05, 3.63) is 0 Å². The van der Waals surface area contributed by atoms with E-state index >= 15 is 0 Å². The van der Waals surface area contributed by atoms with Crippen molar-refractivity contribution < 1.29 is 28.7 Å². The van der Waals surface area contributed by atoms with E-state index in [1.807, 2.05) is 33.5 Å². The van der Waals surface area contributed by atoms with E-state index in [2.05, 4.69) is 0 Å². The molecule has 0 saturated carbocycles. The van der Waals surface area contributed by atoms with E-state index in [9.17, 15) is 9.90 Å². The molecular formula is C14H27NO6Si. The molecule has 2 unspecified atom stereocenters. The van der Waals surface area contributed by atoms with Crippen molar-refractivity contribution in [2.75, 3.05) is 13.2 Å². The molecule has 0 spiro atoms. The molecule has 0 aromatic heterocycles. The standard InChI is InChI=1S/C14H27NO6Si/c1-9(17)13-12(11-8-18-14(2,3)19-11)10(7-16)15(20-13)21-22(4,5)6/h10-13,16H,7-8H2,1-6H3/t10?,11?,12-,13-/m0/s1. The van der Waals surface area contributed by atoms with Gasteiger partial charge >= 0.3 is 0 Å². The molecule has 1 N–H and O–H groups in total. The predicted molar refractivity (Wildman–Crippen MR) is 81.1 cm³/mol. The van der Waals surface area contributed by atoms with Crippen LogP contribution in [0.3, 0.4) is 0 Å². The fourth-order valence-electron chi connectivity index (χ4n) is 2.84. The van der Waals surface area contributed by atoms with E-state index in [0.717, 1.165) is 0 Å². The summed E-state index contributed by atoms with van der Waals surface area (Å²) in [6.45, 7) is 11.4. The molecule has 7 nitrogen and oxygen atoms in total. The van der Waals surface area contributed by atoms with Gasteiger partial charge in [0.1, 0.15) is 6.10 Å². The first-order valence-electron chi connectivity index (χ1n) is 7.62. The monoisotopic (exact) mass is 333 g/mol. The van der Waals surface area contributed by atoms with E-state index in [4.69, 9.17) is 18.8 Å². The third-order valence-corrected chi connectivity index (χ3v) is 4.42. The highest BCUT2D eigenvalue weighted by Crippen LogP contribution is 2.38. The van der Waals surface area contributed by atoms with E-state index in [1.54, 1.807) is 0 Å². The normalized spacial score (nSPS) is 36.0. The number of aliphatic hydroxyl groups excluding tert-OH is 1. The van der Waals surface area contributed by atoms with Gasteiger partial charge < -0.3 is 19.1 Å². The number of carbonyl (C=O) groups excluding carboxylic acids is 1. The molecule has 0 aromatic carbocycles. The maximum absolute atomic E-state index is 12.0. The van der Waals surface area contributed by atoms with Crippen LogP contribution in [0.5, 0.6) is 0 Å². The highest BCUT2D eigenvalue weighted by atomic mass is 28.4. The van der Waals surface area contributed by atoms with Gasteiger partial charge in [-0.05, 0) is 40.4 Å². The summed E-state index contributed by atoms with van der Waals surface area (Å²) >= 11 is 0. The number of hydrogen-bond donors (Lipinski definition) is 1. The lowest BCUT2D eigenvalue weighted by Crippen LogP contribution is -2.46. The second kappa shape index (κ2) is 6.27. The molecule has 2 saturated heterocycles. The minimum Gasteiger partial charge on any atom is -0.395 e. The Balaban J connectivity index is 2.22. The molecule has 0 bridgehead atoms. The summed E-state index contributed by atoms with van der Waals surface area (Å²) in [5.74, 6) is -1.14. The summed E-state index contributed by atoms with van der Waals surface area (Å²) in [6, 6.07) is -0.455. The van der Waals surface area contributed by atoms with Crippen LogP contribution in [0.25, 0.3) is 0 Å². The zero-order valence-corrected chi connectivity index (χ0v) is 15.2. The first-order chi connectivity index (χ1) is 10.0. The number of aliphatic hydroxyl groups is 1. The van der Waals surface area contributed by atoms with Gasteiger partial charge in [-0.25, -0.2) is 0 Å².